The Balaban J connectivity index is 1.85. The van der Waals surface area contributed by atoms with Gasteiger partial charge in [0.15, 0.2) is 5.13 Å². The van der Waals surface area contributed by atoms with Crippen molar-refractivity contribution in [2.45, 2.75) is 19.3 Å². The Hall–Kier alpha value is -2.12. The molecular formula is C20H27N3O3S. The predicted octanol–water partition coefficient (Wildman–Crippen LogP) is 3.52. The van der Waals surface area contributed by atoms with Crippen LogP contribution < -0.4 is 14.4 Å². The number of aromatic nitrogens is 1. The fourth-order valence-corrected chi connectivity index (χ4v) is 3.78. The van der Waals surface area contributed by atoms with Gasteiger partial charge in [-0.3, -0.25) is 9.69 Å². The lowest BCUT2D eigenvalue weighted by Gasteiger charge is -2.21. The van der Waals surface area contributed by atoms with Gasteiger partial charge in [0.2, 0.25) is 5.91 Å². The van der Waals surface area contributed by atoms with Crippen LogP contribution in [0.25, 0.3) is 11.3 Å². The number of nitrogens with zero attached hydrogens (tertiary/aromatic N) is 3. The van der Waals surface area contributed by atoms with Gasteiger partial charge < -0.3 is 14.4 Å². The van der Waals surface area contributed by atoms with Gasteiger partial charge in [-0.2, -0.15) is 0 Å². The third-order valence-corrected chi connectivity index (χ3v) is 5.45. The Bertz CT molecular complexity index is 787. The summed E-state index contributed by atoms with van der Waals surface area (Å²) in [6.07, 6.45) is 2.90. The monoisotopic (exact) mass is 389 g/mol. The van der Waals surface area contributed by atoms with Crippen molar-refractivity contribution in [3.63, 3.8) is 0 Å². The summed E-state index contributed by atoms with van der Waals surface area (Å²) in [6.45, 7) is 1.63. The van der Waals surface area contributed by atoms with Gasteiger partial charge in [0.05, 0.1) is 19.9 Å². The topological polar surface area (TPSA) is 54.9 Å². The van der Waals surface area contributed by atoms with E-state index in [1.54, 1.807) is 14.2 Å². The first-order chi connectivity index (χ1) is 13.0. The van der Waals surface area contributed by atoms with Gasteiger partial charge in [-0.1, -0.05) is 0 Å². The Labute approximate surface area is 164 Å². The van der Waals surface area contributed by atoms with Crippen LogP contribution in [-0.4, -0.2) is 57.2 Å². The summed E-state index contributed by atoms with van der Waals surface area (Å²) < 4.78 is 10.8. The summed E-state index contributed by atoms with van der Waals surface area (Å²) in [7, 11) is 7.37. The normalized spacial score (nSPS) is 13.7. The van der Waals surface area contributed by atoms with E-state index in [2.05, 4.69) is 4.90 Å². The summed E-state index contributed by atoms with van der Waals surface area (Å²) in [6, 6.07) is 5.65. The summed E-state index contributed by atoms with van der Waals surface area (Å²) in [5.41, 5.74) is 1.67. The predicted molar refractivity (Wildman–Crippen MR) is 109 cm³/mol. The highest BCUT2D eigenvalue weighted by atomic mass is 32.1. The molecule has 0 N–H and O–H groups in total. The molecule has 1 saturated carbocycles. The molecule has 6 nitrogen and oxygen atoms in total. The molecule has 1 fully saturated rings. The number of benzene rings is 1. The van der Waals surface area contributed by atoms with Gasteiger partial charge in [0, 0.05) is 23.4 Å². The molecule has 7 heteroatoms. The van der Waals surface area contributed by atoms with Crippen molar-refractivity contribution in [1.82, 2.24) is 9.88 Å². The second kappa shape index (κ2) is 8.71. The van der Waals surface area contributed by atoms with Crippen LogP contribution in [0.3, 0.4) is 0 Å². The lowest BCUT2D eigenvalue weighted by atomic mass is 10.1. The fraction of sp³-hybridized carbons (Fsp3) is 0.500. The number of carbonyl (C=O) groups is 1. The molecule has 1 heterocycles. The van der Waals surface area contributed by atoms with Crippen LogP contribution in [0.4, 0.5) is 5.13 Å². The smallest absolute Gasteiger partial charge is 0.231 e. The minimum Gasteiger partial charge on any atom is -0.497 e. The molecule has 146 valence electrons. The van der Waals surface area contributed by atoms with E-state index in [1.807, 2.05) is 42.6 Å². The van der Waals surface area contributed by atoms with Crippen LogP contribution >= 0.6 is 11.3 Å². The minimum absolute atomic E-state index is 0.170. The summed E-state index contributed by atoms with van der Waals surface area (Å²) in [4.78, 5) is 21.5. The van der Waals surface area contributed by atoms with Crippen LogP contribution in [0.5, 0.6) is 11.5 Å². The number of hydrogen-bond acceptors (Lipinski definition) is 6. The van der Waals surface area contributed by atoms with Crippen LogP contribution in [0.2, 0.25) is 0 Å². The van der Waals surface area contributed by atoms with Gasteiger partial charge in [-0.25, -0.2) is 4.98 Å². The highest BCUT2D eigenvalue weighted by molar-refractivity contribution is 7.14. The average Bonchev–Trinajstić information content (AvgIpc) is 3.41. The number of amides is 1. The molecule has 27 heavy (non-hydrogen) atoms. The van der Waals surface area contributed by atoms with Gasteiger partial charge in [-0.05, 0) is 58.1 Å². The fourth-order valence-electron chi connectivity index (χ4n) is 2.92. The van der Waals surface area contributed by atoms with E-state index in [-0.39, 0.29) is 11.8 Å². The standard InChI is InChI=1S/C20H27N3O3S/c1-22(2)10-5-11-23(19(24)14-6-7-14)20-21-17(13-27-20)16-12-15(25-3)8-9-18(16)26-4/h8-9,12-14H,5-7,10-11H2,1-4H3. The molecule has 0 aliphatic heterocycles. The summed E-state index contributed by atoms with van der Waals surface area (Å²) in [5.74, 6) is 1.85. The Morgan fingerprint density at radius 1 is 1.22 bits per heavy atom. The van der Waals surface area contributed by atoms with Gasteiger partial charge in [0.25, 0.3) is 0 Å². The van der Waals surface area contributed by atoms with Gasteiger partial charge in [0.1, 0.15) is 11.5 Å². The molecule has 2 aromatic rings. The SMILES string of the molecule is COc1ccc(OC)c(-c2csc(N(CCCN(C)C)C(=O)C3CC3)n2)c1. The van der Waals surface area contributed by atoms with Gasteiger partial charge >= 0.3 is 0 Å². The Morgan fingerprint density at radius 2 is 2.00 bits per heavy atom. The summed E-state index contributed by atoms with van der Waals surface area (Å²) >= 11 is 1.50. The maximum Gasteiger partial charge on any atom is 0.231 e. The highest BCUT2D eigenvalue weighted by Crippen LogP contribution is 2.38. The molecule has 0 spiro atoms. The lowest BCUT2D eigenvalue weighted by molar-refractivity contribution is -0.119. The molecule has 1 aromatic carbocycles. The van der Waals surface area contributed by atoms with Crippen molar-refractivity contribution < 1.29 is 14.3 Å². The van der Waals surface area contributed by atoms with Gasteiger partial charge in [-0.15, -0.1) is 11.3 Å². The van der Waals surface area contributed by atoms with Crippen LogP contribution in [0.15, 0.2) is 23.6 Å². The second-order valence-corrected chi connectivity index (χ2v) is 7.84. The largest absolute Gasteiger partial charge is 0.497 e. The summed E-state index contributed by atoms with van der Waals surface area (Å²) in [5, 5.41) is 2.73. The zero-order chi connectivity index (χ0) is 19.4. The van der Waals surface area contributed by atoms with E-state index in [4.69, 9.17) is 14.5 Å². The minimum atomic E-state index is 0.170. The van der Waals surface area contributed by atoms with E-state index >= 15 is 0 Å². The number of rotatable bonds is 9. The number of anilines is 1. The molecule has 0 saturated heterocycles. The number of ether oxygens (including phenoxy) is 2. The number of thiazole rings is 1. The quantitative estimate of drug-likeness (QED) is 0.657. The zero-order valence-electron chi connectivity index (χ0n) is 16.4. The molecule has 0 bridgehead atoms. The molecule has 0 unspecified atom stereocenters. The van der Waals surface area contributed by atoms with Crippen molar-refractivity contribution >= 4 is 22.4 Å². The Kier molecular flexibility index (Phi) is 6.34. The highest BCUT2D eigenvalue weighted by Gasteiger charge is 2.35. The zero-order valence-corrected chi connectivity index (χ0v) is 17.2. The molecule has 0 radical (unpaired) electrons. The number of methoxy groups -OCH3 is 2. The maximum absolute atomic E-state index is 12.8. The molecule has 3 rings (SSSR count). The molecular weight excluding hydrogens is 362 g/mol. The van der Waals surface area contributed by atoms with Crippen molar-refractivity contribution in [3.05, 3.63) is 23.6 Å². The average molecular weight is 390 g/mol. The van der Waals surface area contributed by atoms with Crippen LogP contribution in [-0.2, 0) is 4.79 Å². The molecule has 1 aliphatic rings. The van der Waals surface area contributed by atoms with Crippen molar-refractivity contribution in [1.29, 1.82) is 0 Å². The van der Waals surface area contributed by atoms with E-state index < -0.39 is 0 Å². The van der Waals surface area contributed by atoms with Crippen LogP contribution in [0.1, 0.15) is 19.3 Å². The number of hydrogen-bond donors (Lipinski definition) is 0. The van der Waals surface area contributed by atoms with E-state index in [0.717, 1.165) is 53.7 Å². The first-order valence-electron chi connectivity index (χ1n) is 9.17. The van der Waals surface area contributed by atoms with E-state index in [0.29, 0.717) is 6.54 Å². The van der Waals surface area contributed by atoms with E-state index in [1.165, 1.54) is 11.3 Å². The number of carbonyl (C=O) groups excluding carboxylic acids is 1. The molecule has 0 atom stereocenters. The van der Waals surface area contributed by atoms with Crippen molar-refractivity contribution in [3.8, 4) is 22.8 Å². The third-order valence-electron chi connectivity index (χ3n) is 4.59. The lowest BCUT2D eigenvalue weighted by Crippen LogP contribution is -2.34. The Morgan fingerprint density at radius 3 is 2.63 bits per heavy atom. The first-order valence-corrected chi connectivity index (χ1v) is 10.1. The first kappa shape index (κ1) is 19.6. The van der Waals surface area contributed by atoms with Crippen molar-refractivity contribution in [2.24, 2.45) is 5.92 Å². The van der Waals surface area contributed by atoms with E-state index in [9.17, 15) is 4.79 Å². The van der Waals surface area contributed by atoms with Crippen LogP contribution in [0, 0.1) is 5.92 Å². The molecule has 1 aliphatic carbocycles. The maximum atomic E-state index is 12.8. The third kappa shape index (κ3) is 4.78. The molecule has 1 aromatic heterocycles. The molecule has 1 amide bonds. The van der Waals surface area contributed by atoms with Crippen molar-refractivity contribution in [2.75, 3.05) is 46.3 Å². The second-order valence-electron chi connectivity index (χ2n) is 7.00.